The molecular weight excluding hydrogens is 162 g/mol. The molecule has 0 aliphatic rings. The Morgan fingerprint density at radius 1 is 1.36 bits per heavy atom. The van der Waals surface area contributed by atoms with Crippen molar-refractivity contribution in [3.8, 4) is 6.07 Å². The van der Waals surface area contributed by atoms with Crippen molar-refractivity contribution in [3.05, 3.63) is 0 Å². The van der Waals surface area contributed by atoms with Gasteiger partial charge in [0.05, 0.1) is 23.0 Å². The van der Waals surface area contributed by atoms with E-state index < -0.39 is 15.1 Å². The molecule has 1 unspecified atom stereocenters. The minimum absolute atomic E-state index is 0.0838. The third-order valence-electron chi connectivity index (χ3n) is 1.60. The third kappa shape index (κ3) is 2.51. The molecule has 0 saturated heterocycles. The third-order valence-corrected chi connectivity index (χ3v) is 4.20. The Labute approximate surface area is 67.9 Å². The lowest BCUT2D eigenvalue weighted by Crippen LogP contribution is -2.25. The summed E-state index contributed by atoms with van der Waals surface area (Å²) in [6, 6.07) is 1.85. The monoisotopic (exact) mass is 175 g/mol. The van der Waals surface area contributed by atoms with E-state index in [0.29, 0.717) is 0 Å². The molecule has 1 atom stereocenters. The van der Waals surface area contributed by atoms with Gasteiger partial charge in [-0.2, -0.15) is 5.26 Å². The van der Waals surface area contributed by atoms with Gasteiger partial charge in [-0.05, 0) is 20.8 Å². The number of nitrogens with zero attached hydrogens (tertiary/aromatic N) is 1. The van der Waals surface area contributed by atoms with Crippen molar-refractivity contribution < 1.29 is 8.42 Å². The Kier molecular flexibility index (Phi) is 3.53. The standard InChI is InChI=1S/C7H13NO2S/c1-6(2)11(9,10)7(3)4-5-8/h6-7H,4H2,1-3H3. The van der Waals surface area contributed by atoms with E-state index in [-0.39, 0.29) is 11.7 Å². The molecule has 0 aromatic carbocycles. The second kappa shape index (κ2) is 3.72. The van der Waals surface area contributed by atoms with Crippen LogP contribution in [-0.2, 0) is 9.84 Å². The van der Waals surface area contributed by atoms with E-state index in [1.807, 2.05) is 6.07 Å². The van der Waals surface area contributed by atoms with Crippen LogP contribution in [-0.4, -0.2) is 18.9 Å². The van der Waals surface area contributed by atoms with E-state index in [4.69, 9.17) is 5.26 Å². The summed E-state index contributed by atoms with van der Waals surface area (Å²) in [4.78, 5) is 0. The van der Waals surface area contributed by atoms with E-state index in [9.17, 15) is 8.42 Å². The number of rotatable bonds is 3. The van der Waals surface area contributed by atoms with E-state index in [1.54, 1.807) is 20.8 Å². The van der Waals surface area contributed by atoms with Gasteiger partial charge in [-0.3, -0.25) is 0 Å². The van der Waals surface area contributed by atoms with Gasteiger partial charge in [0.25, 0.3) is 0 Å². The predicted octanol–water partition coefficient (Wildman–Crippen LogP) is 1.11. The molecule has 3 nitrogen and oxygen atoms in total. The van der Waals surface area contributed by atoms with Gasteiger partial charge in [-0.25, -0.2) is 8.42 Å². The first kappa shape index (κ1) is 10.4. The minimum atomic E-state index is -3.06. The highest BCUT2D eigenvalue weighted by Gasteiger charge is 2.23. The summed E-state index contributed by atoms with van der Waals surface area (Å²) >= 11 is 0. The van der Waals surface area contributed by atoms with E-state index in [1.165, 1.54) is 0 Å². The lowest BCUT2D eigenvalue weighted by atomic mass is 10.4. The van der Waals surface area contributed by atoms with Crippen LogP contribution in [0.5, 0.6) is 0 Å². The lowest BCUT2D eigenvalue weighted by Gasteiger charge is -2.11. The van der Waals surface area contributed by atoms with Crippen LogP contribution in [0, 0.1) is 11.3 Å². The molecule has 0 heterocycles. The molecule has 0 N–H and O–H groups in total. The molecule has 11 heavy (non-hydrogen) atoms. The van der Waals surface area contributed by atoms with Gasteiger partial charge in [0.1, 0.15) is 0 Å². The fourth-order valence-corrected chi connectivity index (χ4v) is 1.95. The predicted molar refractivity (Wildman–Crippen MR) is 43.7 cm³/mol. The van der Waals surface area contributed by atoms with Gasteiger partial charge in [0.2, 0.25) is 0 Å². The second-order valence-electron chi connectivity index (χ2n) is 2.81. The molecule has 0 aromatic rings. The van der Waals surface area contributed by atoms with Crippen molar-refractivity contribution in [1.82, 2.24) is 0 Å². The first-order valence-corrected chi connectivity index (χ1v) is 5.13. The molecule has 0 aliphatic carbocycles. The van der Waals surface area contributed by atoms with Crippen molar-refractivity contribution in [2.75, 3.05) is 0 Å². The zero-order valence-corrected chi connectivity index (χ0v) is 7.85. The van der Waals surface area contributed by atoms with E-state index in [0.717, 1.165) is 0 Å². The van der Waals surface area contributed by atoms with Crippen molar-refractivity contribution >= 4 is 9.84 Å². The van der Waals surface area contributed by atoms with Crippen LogP contribution in [0.4, 0.5) is 0 Å². The summed E-state index contributed by atoms with van der Waals surface area (Å²) in [6.45, 7) is 4.82. The van der Waals surface area contributed by atoms with E-state index in [2.05, 4.69) is 0 Å². The fraction of sp³-hybridized carbons (Fsp3) is 0.857. The van der Waals surface area contributed by atoms with Crippen molar-refractivity contribution in [2.45, 2.75) is 37.7 Å². The molecule has 64 valence electrons. The summed E-state index contributed by atoms with van der Waals surface area (Å²) in [5.41, 5.74) is 0. The van der Waals surface area contributed by atoms with Crippen molar-refractivity contribution in [1.29, 1.82) is 5.26 Å². The molecule has 4 heteroatoms. The van der Waals surface area contributed by atoms with Crippen LogP contribution in [0.3, 0.4) is 0 Å². The molecule has 0 radical (unpaired) electrons. The van der Waals surface area contributed by atoms with Crippen LogP contribution in [0.2, 0.25) is 0 Å². The highest BCUT2D eigenvalue weighted by Crippen LogP contribution is 2.10. The minimum Gasteiger partial charge on any atom is -0.228 e. The zero-order valence-electron chi connectivity index (χ0n) is 7.03. The Hall–Kier alpha value is -0.560. The maximum Gasteiger partial charge on any atom is 0.156 e. The van der Waals surface area contributed by atoms with Gasteiger partial charge in [0.15, 0.2) is 9.84 Å². The van der Waals surface area contributed by atoms with Crippen LogP contribution in [0.15, 0.2) is 0 Å². The molecule has 0 fully saturated rings. The molecule has 0 rings (SSSR count). The molecule has 0 spiro atoms. The summed E-state index contributed by atoms with van der Waals surface area (Å²) < 4.78 is 22.5. The van der Waals surface area contributed by atoms with Crippen LogP contribution in [0.25, 0.3) is 0 Å². The van der Waals surface area contributed by atoms with Gasteiger partial charge in [-0.1, -0.05) is 0 Å². The summed E-state index contributed by atoms with van der Waals surface area (Å²) in [6.07, 6.45) is 0.0838. The van der Waals surface area contributed by atoms with Crippen LogP contribution in [0.1, 0.15) is 27.2 Å². The Bertz CT molecular complexity index is 248. The average Bonchev–Trinajstić information content (AvgIpc) is 1.88. The van der Waals surface area contributed by atoms with Gasteiger partial charge in [-0.15, -0.1) is 0 Å². The summed E-state index contributed by atoms with van der Waals surface area (Å²) in [5.74, 6) is 0. The largest absolute Gasteiger partial charge is 0.228 e. The Balaban J connectivity index is 4.47. The quantitative estimate of drug-likeness (QED) is 0.645. The molecular formula is C7H13NO2S. The molecule has 0 aliphatic heterocycles. The molecule has 0 bridgehead atoms. The SMILES string of the molecule is CC(C)S(=O)(=O)C(C)CC#N. The van der Waals surface area contributed by atoms with Crippen LogP contribution < -0.4 is 0 Å². The van der Waals surface area contributed by atoms with Gasteiger partial charge < -0.3 is 0 Å². The zero-order chi connectivity index (χ0) is 9.07. The van der Waals surface area contributed by atoms with Gasteiger partial charge >= 0.3 is 0 Å². The average molecular weight is 175 g/mol. The Morgan fingerprint density at radius 3 is 2.09 bits per heavy atom. The molecule has 0 saturated carbocycles. The summed E-state index contributed by atoms with van der Waals surface area (Å²) in [7, 11) is -3.06. The molecule has 0 amide bonds. The smallest absolute Gasteiger partial charge is 0.156 e. The lowest BCUT2D eigenvalue weighted by molar-refractivity contribution is 0.575. The number of nitriles is 1. The fourth-order valence-electron chi connectivity index (χ4n) is 0.709. The van der Waals surface area contributed by atoms with Crippen LogP contribution >= 0.6 is 0 Å². The normalized spacial score (nSPS) is 14.5. The topological polar surface area (TPSA) is 57.9 Å². The van der Waals surface area contributed by atoms with Crippen molar-refractivity contribution in [3.63, 3.8) is 0 Å². The second-order valence-corrected chi connectivity index (χ2v) is 5.74. The summed E-state index contributed by atoms with van der Waals surface area (Å²) in [5, 5.41) is 7.35. The maximum atomic E-state index is 11.3. The molecule has 0 aromatic heterocycles. The first-order valence-electron chi connectivity index (χ1n) is 3.52. The van der Waals surface area contributed by atoms with Crippen molar-refractivity contribution in [2.24, 2.45) is 0 Å². The van der Waals surface area contributed by atoms with E-state index >= 15 is 0 Å². The number of hydrogen-bond donors (Lipinski definition) is 0. The number of hydrogen-bond acceptors (Lipinski definition) is 3. The number of sulfone groups is 1. The Morgan fingerprint density at radius 2 is 1.82 bits per heavy atom. The van der Waals surface area contributed by atoms with Gasteiger partial charge in [0, 0.05) is 0 Å². The highest BCUT2D eigenvalue weighted by molar-refractivity contribution is 7.92. The maximum absolute atomic E-state index is 11.3. The first-order chi connectivity index (χ1) is 4.92. The highest BCUT2D eigenvalue weighted by atomic mass is 32.2.